The van der Waals surface area contributed by atoms with Crippen LogP contribution in [-0.2, 0) is 4.79 Å². The van der Waals surface area contributed by atoms with Gasteiger partial charge < -0.3 is 4.74 Å². The van der Waals surface area contributed by atoms with E-state index in [1.165, 1.54) is 11.3 Å². The Bertz CT molecular complexity index is 880. The second-order valence-electron chi connectivity index (χ2n) is 4.90. The molecule has 0 saturated heterocycles. The van der Waals surface area contributed by atoms with Crippen LogP contribution in [-0.4, -0.2) is 17.5 Å². The minimum atomic E-state index is -0.308. The third kappa shape index (κ3) is 3.93. The van der Waals surface area contributed by atoms with Gasteiger partial charge in [0.25, 0.3) is 5.91 Å². The fourth-order valence-electron chi connectivity index (χ4n) is 1.97. The summed E-state index contributed by atoms with van der Waals surface area (Å²) in [6, 6.07) is 10.8. The highest BCUT2D eigenvalue weighted by atomic mass is 35.5. The number of hydrogen-bond donors (Lipinski definition) is 1. The van der Waals surface area contributed by atoms with Crippen LogP contribution in [0, 0.1) is 6.92 Å². The normalized spacial score (nSPS) is 10.7. The molecule has 118 valence electrons. The van der Waals surface area contributed by atoms with Crippen molar-refractivity contribution < 1.29 is 9.53 Å². The highest BCUT2D eigenvalue weighted by Gasteiger charge is 2.10. The Morgan fingerprint density at radius 3 is 2.91 bits per heavy atom. The summed E-state index contributed by atoms with van der Waals surface area (Å²) in [6.07, 6.45) is 0. The van der Waals surface area contributed by atoms with Crippen molar-refractivity contribution >= 4 is 55.8 Å². The number of carbonyl (C=O) groups excluding carboxylic acids is 1. The number of halogens is 2. The van der Waals surface area contributed by atoms with E-state index in [2.05, 4.69) is 10.3 Å². The summed E-state index contributed by atoms with van der Waals surface area (Å²) >= 11 is 13.3. The number of thiazole rings is 1. The van der Waals surface area contributed by atoms with Crippen molar-refractivity contribution in [1.82, 2.24) is 4.98 Å². The fraction of sp³-hybridized carbons (Fsp3) is 0.125. The molecule has 0 unspecified atom stereocenters. The van der Waals surface area contributed by atoms with E-state index in [-0.39, 0.29) is 12.5 Å². The largest absolute Gasteiger partial charge is 0.482 e. The van der Waals surface area contributed by atoms with E-state index in [9.17, 15) is 4.79 Å². The molecule has 1 amide bonds. The number of benzene rings is 2. The maximum Gasteiger partial charge on any atom is 0.264 e. The Hall–Kier alpha value is -1.82. The molecular formula is C16H12Cl2N2O2S. The number of carbonyl (C=O) groups is 1. The van der Waals surface area contributed by atoms with Crippen LogP contribution < -0.4 is 10.1 Å². The molecular weight excluding hydrogens is 355 g/mol. The summed E-state index contributed by atoms with van der Waals surface area (Å²) in [5.41, 5.74) is 2.01. The maximum atomic E-state index is 12.0. The highest BCUT2D eigenvalue weighted by Crippen LogP contribution is 2.28. The standard InChI is InChI=1S/C16H12Cl2N2O2S/c1-9-2-5-12-14(6-9)23-16(19-12)20-15(21)8-22-13-7-10(17)3-4-11(13)18/h2-7H,8H2,1H3,(H,19,20,21). The van der Waals surface area contributed by atoms with Crippen LogP contribution in [0.5, 0.6) is 5.75 Å². The molecule has 0 aliphatic rings. The van der Waals surface area contributed by atoms with Crippen LogP contribution in [0.1, 0.15) is 5.56 Å². The zero-order valence-corrected chi connectivity index (χ0v) is 14.4. The molecule has 0 aliphatic heterocycles. The van der Waals surface area contributed by atoms with Crippen molar-refractivity contribution in [3.8, 4) is 5.75 Å². The number of hydrogen-bond acceptors (Lipinski definition) is 4. The second kappa shape index (κ2) is 6.74. The smallest absolute Gasteiger partial charge is 0.264 e. The average Bonchev–Trinajstić information content (AvgIpc) is 2.89. The molecule has 1 N–H and O–H groups in total. The molecule has 0 saturated carbocycles. The van der Waals surface area contributed by atoms with Crippen molar-refractivity contribution in [2.45, 2.75) is 6.92 Å². The maximum absolute atomic E-state index is 12.0. The molecule has 0 atom stereocenters. The van der Waals surface area contributed by atoms with Gasteiger partial charge in [0, 0.05) is 11.1 Å². The van der Waals surface area contributed by atoms with Crippen molar-refractivity contribution in [2.75, 3.05) is 11.9 Å². The van der Waals surface area contributed by atoms with Gasteiger partial charge in [-0.1, -0.05) is 40.6 Å². The van der Waals surface area contributed by atoms with Crippen LogP contribution in [0.2, 0.25) is 10.0 Å². The molecule has 4 nitrogen and oxygen atoms in total. The van der Waals surface area contributed by atoms with Gasteiger partial charge in [-0.05, 0) is 36.8 Å². The molecule has 7 heteroatoms. The third-order valence-corrected chi connectivity index (χ3v) is 4.52. The van der Waals surface area contributed by atoms with Crippen molar-refractivity contribution in [3.05, 3.63) is 52.0 Å². The first-order chi connectivity index (χ1) is 11.0. The number of nitrogens with zero attached hydrogens (tertiary/aromatic N) is 1. The number of aryl methyl sites for hydroxylation is 1. The molecule has 1 aromatic heterocycles. The van der Waals surface area contributed by atoms with Crippen LogP contribution in [0.15, 0.2) is 36.4 Å². The number of ether oxygens (including phenoxy) is 1. The van der Waals surface area contributed by atoms with E-state index in [1.807, 2.05) is 25.1 Å². The molecule has 0 bridgehead atoms. The van der Waals surface area contributed by atoms with Crippen molar-refractivity contribution in [2.24, 2.45) is 0 Å². The van der Waals surface area contributed by atoms with E-state index in [0.717, 1.165) is 15.8 Å². The number of anilines is 1. The molecule has 1 heterocycles. The lowest BCUT2D eigenvalue weighted by Gasteiger charge is -2.07. The second-order valence-corrected chi connectivity index (χ2v) is 6.78. The van der Waals surface area contributed by atoms with Crippen LogP contribution >= 0.6 is 34.5 Å². The van der Waals surface area contributed by atoms with E-state index in [1.54, 1.807) is 18.2 Å². The lowest BCUT2D eigenvalue weighted by molar-refractivity contribution is -0.118. The first-order valence-corrected chi connectivity index (χ1v) is 8.33. The van der Waals surface area contributed by atoms with Gasteiger partial charge in [0.05, 0.1) is 15.2 Å². The number of aromatic nitrogens is 1. The van der Waals surface area contributed by atoms with Gasteiger partial charge >= 0.3 is 0 Å². The Balaban J connectivity index is 1.65. The first-order valence-electron chi connectivity index (χ1n) is 6.76. The molecule has 23 heavy (non-hydrogen) atoms. The summed E-state index contributed by atoms with van der Waals surface area (Å²) in [5, 5.41) is 4.15. The fourth-order valence-corrected chi connectivity index (χ4v) is 3.29. The van der Waals surface area contributed by atoms with Crippen LogP contribution in [0.3, 0.4) is 0 Å². The van der Waals surface area contributed by atoms with Gasteiger partial charge in [-0.15, -0.1) is 0 Å². The highest BCUT2D eigenvalue weighted by molar-refractivity contribution is 7.22. The minimum Gasteiger partial charge on any atom is -0.482 e. The van der Waals surface area contributed by atoms with Gasteiger partial charge in [0.15, 0.2) is 11.7 Å². The topological polar surface area (TPSA) is 51.2 Å². The minimum absolute atomic E-state index is 0.172. The lowest BCUT2D eigenvalue weighted by atomic mass is 10.2. The first kappa shape index (κ1) is 16.1. The molecule has 0 spiro atoms. The Kier molecular flexibility index (Phi) is 4.71. The van der Waals surface area contributed by atoms with E-state index in [0.29, 0.717) is 20.9 Å². The summed E-state index contributed by atoms with van der Waals surface area (Å²) in [7, 11) is 0. The molecule has 3 rings (SSSR count). The van der Waals surface area contributed by atoms with Gasteiger partial charge in [0.2, 0.25) is 0 Å². The molecule has 3 aromatic rings. The van der Waals surface area contributed by atoms with Crippen LogP contribution in [0.4, 0.5) is 5.13 Å². The van der Waals surface area contributed by atoms with E-state index < -0.39 is 0 Å². The van der Waals surface area contributed by atoms with Gasteiger partial charge in [-0.25, -0.2) is 4.98 Å². The van der Waals surface area contributed by atoms with E-state index in [4.69, 9.17) is 27.9 Å². The quantitative estimate of drug-likeness (QED) is 0.712. The molecule has 2 aromatic carbocycles. The lowest BCUT2D eigenvalue weighted by Crippen LogP contribution is -2.20. The number of amides is 1. The third-order valence-electron chi connectivity index (χ3n) is 3.04. The Morgan fingerprint density at radius 1 is 1.26 bits per heavy atom. The van der Waals surface area contributed by atoms with Crippen molar-refractivity contribution in [1.29, 1.82) is 0 Å². The van der Waals surface area contributed by atoms with Gasteiger partial charge in [-0.2, -0.15) is 0 Å². The molecule has 0 fully saturated rings. The SMILES string of the molecule is Cc1ccc2nc(NC(=O)COc3cc(Cl)ccc3Cl)sc2c1. The van der Waals surface area contributed by atoms with Crippen LogP contribution in [0.25, 0.3) is 10.2 Å². The summed E-state index contributed by atoms with van der Waals surface area (Å²) in [6.45, 7) is 1.84. The number of fused-ring (bicyclic) bond motifs is 1. The molecule has 0 aliphatic carbocycles. The number of nitrogens with one attached hydrogen (secondary N) is 1. The van der Waals surface area contributed by atoms with E-state index >= 15 is 0 Å². The zero-order valence-electron chi connectivity index (χ0n) is 12.1. The monoisotopic (exact) mass is 366 g/mol. The summed E-state index contributed by atoms with van der Waals surface area (Å²) in [4.78, 5) is 16.3. The average molecular weight is 367 g/mol. The summed E-state index contributed by atoms with van der Waals surface area (Å²) in [5.74, 6) is 0.0612. The van der Waals surface area contributed by atoms with Gasteiger partial charge in [-0.3, -0.25) is 10.1 Å². The van der Waals surface area contributed by atoms with Gasteiger partial charge in [0.1, 0.15) is 5.75 Å². The Labute approximate surface area is 147 Å². The zero-order chi connectivity index (χ0) is 16.4. The van der Waals surface area contributed by atoms with Crippen molar-refractivity contribution in [3.63, 3.8) is 0 Å². The predicted molar refractivity (Wildman–Crippen MR) is 94.9 cm³/mol. The number of rotatable bonds is 4. The Morgan fingerprint density at radius 2 is 2.09 bits per heavy atom. The predicted octanol–water partition coefficient (Wildman–Crippen LogP) is 4.93. The summed E-state index contributed by atoms with van der Waals surface area (Å²) < 4.78 is 6.42. The molecule has 0 radical (unpaired) electrons.